The molecular weight excluding hydrogens is 283 g/mol. The van der Waals surface area contributed by atoms with Crippen molar-refractivity contribution >= 4 is 29.0 Å². The Morgan fingerprint density at radius 2 is 1.95 bits per heavy atom. The van der Waals surface area contributed by atoms with E-state index >= 15 is 0 Å². The van der Waals surface area contributed by atoms with Gasteiger partial charge < -0.3 is 0 Å². The van der Waals surface area contributed by atoms with Crippen molar-refractivity contribution < 1.29 is 4.79 Å². The van der Waals surface area contributed by atoms with Crippen LogP contribution in [0, 0.1) is 13.8 Å². The average Bonchev–Trinajstić information content (AvgIpc) is 2.58. The summed E-state index contributed by atoms with van der Waals surface area (Å²) in [5.41, 5.74) is 3.17. The van der Waals surface area contributed by atoms with Gasteiger partial charge in [-0.1, -0.05) is 29.3 Å². The molecule has 0 aliphatic carbocycles. The molecule has 0 saturated heterocycles. The molecule has 0 unspecified atom stereocenters. The van der Waals surface area contributed by atoms with E-state index in [1.165, 1.54) is 0 Å². The van der Waals surface area contributed by atoms with Gasteiger partial charge in [-0.05, 0) is 31.5 Å². The van der Waals surface area contributed by atoms with Crippen LogP contribution in [0.2, 0.25) is 10.0 Å². The van der Waals surface area contributed by atoms with Gasteiger partial charge in [0.25, 0.3) is 0 Å². The van der Waals surface area contributed by atoms with Crippen LogP contribution in [-0.4, -0.2) is 15.6 Å². The zero-order valence-corrected chi connectivity index (χ0v) is 12.5. The molecule has 0 saturated carbocycles. The van der Waals surface area contributed by atoms with Crippen LogP contribution >= 0.6 is 23.2 Å². The quantitative estimate of drug-likeness (QED) is 0.808. The summed E-state index contributed by atoms with van der Waals surface area (Å²) >= 11 is 11.8. The minimum absolute atomic E-state index is 0.0430. The van der Waals surface area contributed by atoms with Crippen LogP contribution in [-0.2, 0) is 13.5 Å². The first-order valence-corrected chi connectivity index (χ1v) is 6.63. The van der Waals surface area contributed by atoms with Gasteiger partial charge in [0.1, 0.15) is 0 Å². The van der Waals surface area contributed by atoms with Gasteiger partial charge in [-0.15, -0.1) is 0 Å². The average molecular weight is 297 g/mol. The molecule has 1 aromatic carbocycles. The first kappa shape index (κ1) is 14.1. The van der Waals surface area contributed by atoms with E-state index in [2.05, 4.69) is 5.10 Å². The van der Waals surface area contributed by atoms with E-state index in [4.69, 9.17) is 23.2 Å². The molecule has 1 aromatic heterocycles. The molecule has 19 heavy (non-hydrogen) atoms. The fourth-order valence-electron chi connectivity index (χ4n) is 2.10. The lowest BCUT2D eigenvalue weighted by Gasteiger charge is -2.04. The Kier molecular flexibility index (Phi) is 3.97. The molecule has 0 aliphatic heterocycles. The van der Waals surface area contributed by atoms with Gasteiger partial charge in [-0.25, -0.2) is 0 Å². The molecule has 0 spiro atoms. The number of carbonyl (C=O) groups is 1. The van der Waals surface area contributed by atoms with Crippen LogP contribution in [0.25, 0.3) is 0 Å². The summed E-state index contributed by atoms with van der Waals surface area (Å²) in [4.78, 5) is 12.3. The Balaban J connectivity index is 2.28. The summed E-state index contributed by atoms with van der Waals surface area (Å²) in [6, 6.07) is 5.24. The van der Waals surface area contributed by atoms with Crippen LogP contribution < -0.4 is 0 Å². The number of Topliss-reactive ketones (excluding diaryl/α,β-unsaturated/α-hetero) is 1. The molecule has 2 aromatic rings. The second-order valence-electron chi connectivity index (χ2n) is 4.52. The monoisotopic (exact) mass is 296 g/mol. The molecule has 0 amide bonds. The minimum Gasteiger partial charge on any atom is -0.294 e. The van der Waals surface area contributed by atoms with E-state index < -0.39 is 0 Å². The van der Waals surface area contributed by atoms with Gasteiger partial charge in [0.05, 0.1) is 21.3 Å². The highest BCUT2D eigenvalue weighted by Crippen LogP contribution is 2.24. The van der Waals surface area contributed by atoms with E-state index in [9.17, 15) is 4.79 Å². The summed E-state index contributed by atoms with van der Waals surface area (Å²) in [6.07, 6.45) is 0.296. The molecule has 5 heteroatoms. The van der Waals surface area contributed by atoms with Crippen molar-refractivity contribution in [2.75, 3.05) is 0 Å². The normalized spacial score (nSPS) is 10.8. The summed E-state index contributed by atoms with van der Waals surface area (Å²) in [6.45, 7) is 3.73. The van der Waals surface area contributed by atoms with Crippen LogP contribution in [0.5, 0.6) is 0 Å². The van der Waals surface area contributed by atoms with Crippen LogP contribution in [0.1, 0.15) is 27.3 Å². The highest BCUT2D eigenvalue weighted by Gasteiger charge is 2.17. The molecule has 3 nitrogen and oxygen atoms in total. The van der Waals surface area contributed by atoms with E-state index in [1.807, 2.05) is 27.0 Å². The van der Waals surface area contributed by atoms with Crippen molar-refractivity contribution in [1.82, 2.24) is 9.78 Å². The largest absolute Gasteiger partial charge is 0.294 e. The smallest absolute Gasteiger partial charge is 0.170 e. The fourth-order valence-corrected chi connectivity index (χ4v) is 2.42. The van der Waals surface area contributed by atoms with Crippen molar-refractivity contribution in [1.29, 1.82) is 0 Å². The van der Waals surface area contributed by atoms with Crippen LogP contribution in [0.4, 0.5) is 0 Å². The van der Waals surface area contributed by atoms with Crippen molar-refractivity contribution in [2.45, 2.75) is 20.3 Å². The van der Waals surface area contributed by atoms with Crippen molar-refractivity contribution in [3.05, 3.63) is 50.8 Å². The molecule has 0 N–H and O–H groups in total. The lowest BCUT2D eigenvalue weighted by atomic mass is 10.0. The molecule has 2 rings (SSSR count). The Hall–Kier alpha value is -1.32. The third-order valence-corrected chi connectivity index (χ3v) is 3.88. The maximum Gasteiger partial charge on any atom is 0.170 e. The maximum atomic E-state index is 12.3. The number of rotatable bonds is 3. The summed E-state index contributed by atoms with van der Waals surface area (Å²) in [5, 5.41) is 5.21. The van der Waals surface area contributed by atoms with Crippen molar-refractivity contribution in [2.24, 2.45) is 7.05 Å². The standard InChI is InChI=1S/C14H14Cl2N2O/c1-8-14(9(2)18(3)17-8)13(19)7-10-4-5-11(15)12(16)6-10/h4-6H,7H2,1-3H3. The molecular formula is C14H14Cl2N2O. The number of benzene rings is 1. The second-order valence-corrected chi connectivity index (χ2v) is 5.33. The van der Waals surface area contributed by atoms with Gasteiger partial charge >= 0.3 is 0 Å². The Bertz CT molecular complexity index is 647. The van der Waals surface area contributed by atoms with Gasteiger partial charge in [-0.2, -0.15) is 5.10 Å². The molecule has 0 radical (unpaired) electrons. The first-order chi connectivity index (χ1) is 8.90. The summed E-state index contributed by atoms with van der Waals surface area (Å²) in [7, 11) is 1.83. The number of hydrogen-bond donors (Lipinski definition) is 0. The molecule has 1 heterocycles. The maximum absolute atomic E-state index is 12.3. The van der Waals surface area contributed by atoms with Crippen LogP contribution in [0.3, 0.4) is 0 Å². The SMILES string of the molecule is Cc1nn(C)c(C)c1C(=O)Cc1ccc(Cl)c(Cl)c1. The summed E-state index contributed by atoms with van der Waals surface area (Å²) < 4.78 is 1.72. The number of aryl methyl sites for hydroxylation is 2. The topological polar surface area (TPSA) is 34.9 Å². The van der Waals surface area contributed by atoms with E-state index in [0.29, 0.717) is 22.0 Å². The van der Waals surface area contributed by atoms with E-state index in [-0.39, 0.29) is 5.78 Å². The number of aromatic nitrogens is 2. The Morgan fingerprint density at radius 3 is 2.47 bits per heavy atom. The van der Waals surface area contributed by atoms with Crippen LogP contribution in [0.15, 0.2) is 18.2 Å². The van der Waals surface area contributed by atoms with E-state index in [0.717, 1.165) is 17.0 Å². The highest BCUT2D eigenvalue weighted by atomic mass is 35.5. The predicted octanol–water partition coefficient (Wildman–Crippen LogP) is 3.77. The van der Waals surface area contributed by atoms with Gasteiger partial charge in [0.2, 0.25) is 0 Å². The first-order valence-electron chi connectivity index (χ1n) is 5.87. The Labute approximate surface area is 122 Å². The third kappa shape index (κ3) is 2.82. The number of nitrogens with zero attached hydrogens (tertiary/aromatic N) is 2. The molecule has 0 fully saturated rings. The zero-order valence-electron chi connectivity index (χ0n) is 11.0. The van der Waals surface area contributed by atoms with E-state index in [1.54, 1.807) is 16.8 Å². The third-order valence-electron chi connectivity index (χ3n) is 3.14. The van der Waals surface area contributed by atoms with Gasteiger partial charge in [0, 0.05) is 19.2 Å². The highest BCUT2D eigenvalue weighted by molar-refractivity contribution is 6.42. The molecule has 100 valence electrons. The van der Waals surface area contributed by atoms with Gasteiger partial charge in [-0.3, -0.25) is 9.48 Å². The molecule has 0 aliphatic rings. The van der Waals surface area contributed by atoms with Crippen molar-refractivity contribution in [3.63, 3.8) is 0 Å². The number of carbonyl (C=O) groups excluding carboxylic acids is 1. The second kappa shape index (κ2) is 5.35. The number of halogens is 2. The minimum atomic E-state index is 0.0430. The molecule has 0 atom stereocenters. The number of ketones is 1. The van der Waals surface area contributed by atoms with Crippen molar-refractivity contribution in [3.8, 4) is 0 Å². The molecule has 0 bridgehead atoms. The lowest BCUT2D eigenvalue weighted by molar-refractivity contribution is 0.0991. The number of hydrogen-bond acceptors (Lipinski definition) is 2. The zero-order chi connectivity index (χ0) is 14.2. The van der Waals surface area contributed by atoms with Gasteiger partial charge in [0.15, 0.2) is 5.78 Å². The lowest BCUT2D eigenvalue weighted by Crippen LogP contribution is -2.06. The Morgan fingerprint density at radius 1 is 1.26 bits per heavy atom. The summed E-state index contributed by atoms with van der Waals surface area (Å²) in [5.74, 6) is 0.0430. The fraction of sp³-hybridized carbons (Fsp3) is 0.286. The predicted molar refractivity (Wildman–Crippen MR) is 77.2 cm³/mol.